The molecule has 4 aromatic rings. The lowest BCUT2D eigenvalue weighted by molar-refractivity contribution is -0.116. The molecule has 2 aromatic carbocycles. The summed E-state index contributed by atoms with van der Waals surface area (Å²) in [6.45, 7) is 2.49. The fraction of sp³-hybridized carbons (Fsp3) is 0.182. The van der Waals surface area contributed by atoms with Crippen LogP contribution in [0.3, 0.4) is 0 Å². The van der Waals surface area contributed by atoms with Gasteiger partial charge in [-0.1, -0.05) is 31.2 Å². The summed E-state index contributed by atoms with van der Waals surface area (Å²) < 4.78 is 1.92. The topological polar surface area (TPSA) is 97.1 Å². The zero-order chi connectivity index (χ0) is 21.1. The second kappa shape index (κ2) is 8.46. The van der Waals surface area contributed by atoms with E-state index in [0.29, 0.717) is 17.4 Å². The smallest absolute Gasteiger partial charge is 0.355 e. The van der Waals surface area contributed by atoms with E-state index < -0.39 is 5.97 Å². The highest BCUT2D eigenvalue weighted by molar-refractivity contribution is 7.13. The summed E-state index contributed by atoms with van der Waals surface area (Å²) >= 11 is 1.22. The number of nitrogens with zero attached hydrogens (tertiary/aromatic N) is 3. The molecule has 0 saturated carbocycles. The zero-order valence-corrected chi connectivity index (χ0v) is 17.1. The standard InChI is InChI=1S/C22H20N4O3S/c1-2-14-7-9-15(10-8-14)23-19(27)11-12-26-18-6-4-3-5-16(18)24-20(26)21-25-17(13-30-21)22(28)29/h3-10,13H,2,11-12H2,1H3,(H,23,27)(H,28,29). The average molecular weight is 420 g/mol. The van der Waals surface area contributed by atoms with Crippen molar-refractivity contribution in [1.29, 1.82) is 0 Å². The molecule has 0 fully saturated rings. The van der Waals surface area contributed by atoms with Crippen molar-refractivity contribution in [3.63, 3.8) is 0 Å². The second-order valence-corrected chi connectivity index (χ2v) is 7.63. The molecular formula is C22H20N4O3S. The van der Waals surface area contributed by atoms with Crippen molar-refractivity contribution >= 4 is 39.9 Å². The molecule has 0 spiro atoms. The van der Waals surface area contributed by atoms with Crippen LogP contribution < -0.4 is 5.32 Å². The van der Waals surface area contributed by atoms with Crippen molar-refractivity contribution < 1.29 is 14.7 Å². The number of aromatic nitrogens is 3. The zero-order valence-electron chi connectivity index (χ0n) is 16.3. The summed E-state index contributed by atoms with van der Waals surface area (Å²) in [6.07, 6.45) is 1.20. The lowest BCUT2D eigenvalue weighted by Gasteiger charge is -2.09. The highest BCUT2D eigenvalue weighted by Gasteiger charge is 2.18. The first-order valence-electron chi connectivity index (χ1n) is 9.58. The molecule has 0 radical (unpaired) electrons. The number of thiazole rings is 1. The molecular weight excluding hydrogens is 400 g/mol. The minimum absolute atomic E-state index is 0.0122. The Morgan fingerprint density at radius 2 is 1.87 bits per heavy atom. The van der Waals surface area contributed by atoms with E-state index in [9.17, 15) is 9.59 Å². The molecule has 0 bridgehead atoms. The third-order valence-electron chi connectivity index (χ3n) is 4.78. The van der Waals surface area contributed by atoms with Gasteiger partial charge >= 0.3 is 5.97 Å². The van der Waals surface area contributed by atoms with Gasteiger partial charge in [-0.05, 0) is 36.2 Å². The van der Waals surface area contributed by atoms with E-state index in [1.54, 1.807) is 0 Å². The molecule has 7 nitrogen and oxygen atoms in total. The maximum Gasteiger partial charge on any atom is 0.355 e. The van der Waals surface area contributed by atoms with Gasteiger partial charge < -0.3 is 15.0 Å². The van der Waals surface area contributed by atoms with Crippen molar-refractivity contribution in [2.24, 2.45) is 0 Å². The van der Waals surface area contributed by atoms with Gasteiger partial charge in [0.25, 0.3) is 0 Å². The van der Waals surface area contributed by atoms with Gasteiger partial charge in [0.1, 0.15) is 0 Å². The van der Waals surface area contributed by atoms with Crippen LogP contribution in [-0.4, -0.2) is 31.5 Å². The largest absolute Gasteiger partial charge is 0.476 e. The maximum atomic E-state index is 12.5. The number of carbonyl (C=O) groups excluding carboxylic acids is 1. The van der Waals surface area contributed by atoms with Gasteiger partial charge in [0, 0.05) is 24.0 Å². The highest BCUT2D eigenvalue weighted by atomic mass is 32.1. The van der Waals surface area contributed by atoms with Crippen LogP contribution in [-0.2, 0) is 17.8 Å². The summed E-state index contributed by atoms with van der Waals surface area (Å²) in [5.41, 5.74) is 3.61. The molecule has 1 amide bonds. The number of fused-ring (bicyclic) bond motifs is 1. The number of hydrogen-bond acceptors (Lipinski definition) is 5. The number of aromatic carboxylic acids is 1. The number of carbonyl (C=O) groups is 2. The monoisotopic (exact) mass is 420 g/mol. The number of aryl methyl sites for hydroxylation is 2. The number of carboxylic acids is 1. The van der Waals surface area contributed by atoms with Crippen LogP contribution >= 0.6 is 11.3 Å². The number of nitrogens with one attached hydrogen (secondary N) is 1. The third-order valence-corrected chi connectivity index (χ3v) is 5.62. The molecule has 0 saturated heterocycles. The molecule has 0 aliphatic rings. The van der Waals surface area contributed by atoms with E-state index in [4.69, 9.17) is 5.11 Å². The predicted octanol–water partition coefficient (Wildman–Crippen LogP) is 4.45. The van der Waals surface area contributed by atoms with E-state index in [2.05, 4.69) is 22.2 Å². The molecule has 0 unspecified atom stereocenters. The number of amides is 1. The van der Waals surface area contributed by atoms with E-state index in [1.165, 1.54) is 22.3 Å². The minimum atomic E-state index is -1.08. The van der Waals surface area contributed by atoms with Crippen molar-refractivity contribution in [1.82, 2.24) is 14.5 Å². The quantitative estimate of drug-likeness (QED) is 0.460. The fourth-order valence-corrected chi connectivity index (χ4v) is 3.99. The number of para-hydroxylation sites is 2. The first-order chi connectivity index (χ1) is 14.5. The van der Waals surface area contributed by atoms with Crippen LogP contribution in [0.25, 0.3) is 21.9 Å². The van der Waals surface area contributed by atoms with Gasteiger partial charge in [-0.3, -0.25) is 4.79 Å². The Hall–Kier alpha value is -3.52. The maximum absolute atomic E-state index is 12.5. The molecule has 0 aliphatic carbocycles. The lowest BCUT2D eigenvalue weighted by atomic mass is 10.1. The van der Waals surface area contributed by atoms with Crippen LogP contribution in [0.2, 0.25) is 0 Å². The minimum Gasteiger partial charge on any atom is -0.476 e. The van der Waals surface area contributed by atoms with Crippen LogP contribution in [0.4, 0.5) is 5.69 Å². The Labute approximate surface area is 177 Å². The van der Waals surface area contributed by atoms with Crippen LogP contribution in [0.1, 0.15) is 29.4 Å². The summed E-state index contributed by atoms with van der Waals surface area (Å²) in [6, 6.07) is 15.4. The highest BCUT2D eigenvalue weighted by Crippen LogP contribution is 2.28. The van der Waals surface area contributed by atoms with E-state index in [-0.39, 0.29) is 18.0 Å². The van der Waals surface area contributed by atoms with Crippen LogP contribution in [0.5, 0.6) is 0 Å². The van der Waals surface area contributed by atoms with E-state index >= 15 is 0 Å². The molecule has 2 aromatic heterocycles. The molecule has 0 atom stereocenters. The Bertz CT molecular complexity index is 1210. The average Bonchev–Trinajstić information content (AvgIpc) is 3.38. The van der Waals surface area contributed by atoms with E-state index in [1.807, 2.05) is 53.1 Å². The number of imidazole rings is 1. The van der Waals surface area contributed by atoms with Crippen molar-refractivity contribution in [3.8, 4) is 10.8 Å². The van der Waals surface area contributed by atoms with Gasteiger partial charge in [0.15, 0.2) is 16.5 Å². The van der Waals surface area contributed by atoms with Crippen LogP contribution in [0, 0.1) is 0 Å². The molecule has 4 rings (SSSR count). The molecule has 152 valence electrons. The van der Waals surface area contributed by atoms with Crippen LogP contribution in [0.15, 0.2) is 53.9 Å². The molecule has 30 heavy (non-hydrogen) atoms. The fourth-order valence-electron chi connectivity index (χ4n) is 3.20. The molecule has 0 aliphatic heterocycles. The summed E-state index contributed by atoms with van der Waals surface area (Å²) in [7, 11) is 0. The lowest BCUT2D eigenvalue weighted by Crippen LogP contribution is -2.15. The van der Waals surface area contributed by atoms with Gasteiger partial charge in [-0.15, -0.1) is 11.3 Å². The Kier molecular flexibility index (Phi) is 5.58. The number of carboxylic acid groups (broad SMARTS) is 1. The Morgan fingerprint density at radius 3 is 2.57 bits per heavy atom. The van der Waals surface area contributed by atoms with E-state index in [0.717, 1.165) is 23.1 Å². The summed E-state index contributed by atoms with van der Waals surface area (Å²) in [4.78, 5) is 32.5. The second-order valence-electron chi connectivity index (χ2n) is 6.77. The number of hydrogen-bond donors (Lipinski definition) is 2. The molecule has 8 heteroatoms. The number of benzene rings is 2. The predicted molar refractivity (Wildman–Crippen MR) is 117 cm³/mol. The molecule has 2 heterocycles. The first kappa shape index (κ1) is 19.8. The Morgan fingerprint density at radius 1 is 1.10 bits per heavy atom. The van der Waals surface area contributed by atoms with Gasteiger partial charge in [-0.2, -0.15) is 0 Å². The summed E-state index contributed by atoms with van der Waals surface area (Å²) in [5, 5.41) is 14.1. The molecule has 2 N–H and O–H groups in total. The van der Waals surface area contributed by atoms with Gasteiger partial charge in [0.05, 0.1) is 11.0 Å². The SMILES string of the molecule is CCc1ccc(NC(=O)CCn2c(-c3nc(C(=O)O)cs3)nc3ccccc32)cc1. The number of anilines is 1. The Balaban J connectivity index is 1.56. The first-order valence-corrected chi connectivity index (χ1v) is 10.5. The van der Waals surface area contributed by atoms with Crippen molar-refractivity contribution in [2.75, 3.05) is 5.32 Å². The van der Waals surface area contributed by atoms with Crippen molar-refractivity contribution in [3.05, 3.63) is 65.2 Å². The third kappa shape index (κ3) is 4.08. The van der Waals surface area contributed by atoms with Gasteiger partial charge in [0.2, 0.25) is 5.91 Å². The van der Waals surface area contributed by atoms with Gasteiger partial charge in [-0.25, -0.2) is 14.8 Å². The number of rotatable bonds is 7. The summed E-state index contributed by atoms with van der Waals surface area (Å²) in [5.74, 6) is -0.615. The normalized spacial score (nSPS) is 11.0. The van der Waals surface area contributed by atoms with Crippen molar-refractivity contribution in [2.45, 2.75) is 26.3 Å².